The van der Waals surface area contributed by atoms with Crippen molar-refractivity contribution < 1.29 is 19.0 Å². The lowest BCUT2D eigenvalue weighted by Gasteiger charge is -2.19. The SMILES string of the molecule is COc1cc(C)c(OC)nc1CCNC(=O)OC(C)(C)C. The van der Waals surface area contributed by atoms with Crippen LogP contribution in [0.1, 0.15) is 32.0 Å². The molecule has 0 saturated heterocycles. The Morgan fingerprint density at radius 1 is 1.29 bits per heavy atom. The monoisotopic (exact) mass is 296 g/mol. The number of aromatic nitrogens is 1. The van der Waals surface area contributed by atoms with E-state index in [0.717, 1.165) is 11.3 Å². The van der Waals surface area contributed by atoms with E-state index in [1.54, 1.807) is 14.2 Å². The summed E-state index contributed by atoms with van der Waals surface area (Å²) in [6.07, 6.45) is 0.0829. The van der Waals surface area contributed by atoms with E-state index in [2.05, 4.69) is 10.3 Å². The minimum absolute atomic E-state index is 0.407. The highest BCUT2D eigenvalue weighted by Crippen LogP contribution is 2.24. The second-order valence-corrected chi connectivity index (χ2v) is 5.64. The van der Waals surface area contributed by atoms with E-state index >= 15 is 0 Å². The predicted molar refractivity (Wildman–Crippen MR) is 80.0 cm³/mol. The molecule has 0 fully saturated rings. The molecule has 0 aromatic carbocycles. The molecule has 0 aliphatic rings. The van der Waals surface area contributed by atoms with Gasteiger partial charge >= 0.3 is 6.09 Å². The average molecular weight is 296 g/mol. The molecule has 1 aromatic heterocycles. The van der Waals surface area contributed by atoms with Crippen molar-refractivity contribution in [1.29, 1.82) is 0 Å². The number of carbonyl (C=O) groups is 1. The quantitative estimate of drug-likeness (QED) is 0.904. The van der Waals surface area contributed by atoms with Crippen molar-refractivity contribution in [3.05, 3.63) is 17.3 Å². The second-order valence-electron chi connectivity index (χ2n) is 5.64. The predicted octanol–water partition coefficient (Wildman–Crippen LogP) is 2.47. The van der Waals surface area contributed by atoms with Crippen molar-refractivity contribution in [1.82, 2.24) is 10.3 Å². The lowest BCUT2D eigenvalue weighted by atomic mass is 10.2. The summed E-state index contributed by atoms with van der Waals surface area (Å²) in [5.41, 5.74) is 1.13. The van der Waals surface area contributed by atoms with E-state index in [0.29, 0.717) is 24.6 Å². The molecule has 1 aromatic rings. The molecule has 1 heterocycles. The van der Waals surface area contributed by atoms with E-state index in [1.165, 1.54) is 0 Å². The molecular weight excluding hydrogens is 272 g/mol. The number of amides is 1. The first-order valence-corrected chi connectivity index (χ1v) is 6.82. The van der Waals surface area contributed by atoms with Gasteiger partial charge in [0.2, 0.25) is 5.88 Å². The van der Waals surface area contributed by atoms with Crippen LogP contribution in [0.25, 0.3) is 0 Å². The Labute approximate surface area is 125 Å². The Hall–Kier alpha value is -1.98. The maximum atomic E-state index is 11.6. The smallest absolute Gasteiger partial charge is 0.407 e. The number of aryl methyl sites for hydroxylation is 1. The summed E-state index contributed by atoms with van der Waals surface area (Å²) < 4.78 is 15.7. The first kappa shape index (κ1) is 17.1. The number of rotatable bonds is 5. The number of ether oxygens (including phenoxy) is 3. The number of alkyl carbamates (subject to hydrolysis) is 1. The summed E-state index contributed by atoms with van der Waals surface area (Å²) in [7, 11) is 3.16. The van der Waals surface area contributed by atoms with Crippen LogP contribution in [0, 0.1) is 6.92 Å². The summed E-state index contributed by atoms with van der Waals surface area (Å²) in [4.78, 5) is 16.0. The van der Waals surface area contributed by atoms with Gasteiger partial charge in [0.05, 0.1) is 19.9 Å². The molecule has 0 aliphatic carbocycles. The van der Waals surface area contributed by atoms with Crippen molar-refractivity contribution in [3.8, 4) is 11.6 Å². The summed E-state index contributed by atoms with van der Waals surface area (Å²) in [5, 5.41) is 2.69. The van der Waals surface area contributed by atoms with Crippen LogP contribution in [0.3, 0.4) is 0 Å². The molecule has 0 atom stereocenters. The number of carbonyl (C=O) groups excluding carboxylic acids is 1. The normalized spacial score (nSPS) is 11.0. The van der Waals surface area contributed by atoms with E-state index < -0.39 is 11.7 Å². The van der Waals surface area contributed by atoms with Gasteiger partial charge in [0.1, 0.15) is 11.4 Å². The van der Waals surface area contributed by atoms with Gasteiger partial charge in [-0.1, -0.05) is 0 Å². The number of nitrogens with one attached hydrogen (secondary N) is 1. The highest BCUT2D eigenvalue weighted by molar-refractivity contribution is 5.67. The zero-order valence-corrected chi connectivity index (χ0v) is 13.6. The van der Waals surface area contributed by atoms with Gasteiger partial charge in [-0.15, -0.1) is 0 Å². The lowest BCUT2D eigenvalue weighted by molar-refractivity contribution is 0.0528. The first-order valence-electron chi connectivity index (χ1n) is 6.82. The highest BCUT2D eigenvalue weighted by atomic mass is 16.6. The fourth-order valence-corrected chi connectivity index (χ4v) is 1.77. The van der Waals surface area contributed by atoms with Gasteiger partial charge in [-0.2, -0.15) is 0 Å². The number of hydrogen-bond acceptors (Lipinski definition) is 5. The molecule has 0 saturated carbocycles. The molecule has 0 unspecified atom stereocenters. The number of pyridine rings is 1. The van der Waals surface area contributed by atoms with Crippen molar-refractivity contribution in [2.24, 2.45) is 0 Å². The van der Waals surface area contributed by atoms with Gasteiger partial charge in [-0.25, -0.2) is 9.78 Å². The topological polar surface area (TPSA) is 69.7 Å². The third-order valence-electron chi connectivity index (χ3n) is 2.65. The second kappa shape index (κ2) is 7.15. The Balaban J connectivity index is 2.65. The van der Waals surface area contributed by atoms with Gasteiger partial charge in [0, 0.05) is 18.5 Å². The van der Waals surface area contributed by atoms with Crippen LogP contribution >= 0.6 is 0 Å². The van der Waals surface area contributed by atoms with E-state index in [9.17, 15) is 4.79 Å². The molecule has 0 bridgehead atoms. The van der Waals surface area contributed by atoms with Crippen molar-refractivity contribution >= 4 is 6.09 Å². The molecule has 21 heavy (non-hydrogen) atoms. The molecule has 118 valence electrons. The molecule has 0 radical (unpaired) electrons. The van der Waals surface area contributed by atoms with Gasteiger partial charge in [-0.3, -0.25) is 0 Å². The highest BCUT2D eigenvalue weighted by Gasteiger charge is 2.16. The Morgan fingerprint density at radius 3 is 2.48 bits per heavy atom. The molecular formula is C15H24N2O4. The number of methoxy groups -OCH3 is 2. The van der Waals surface area contributed by atoms with Crippen LogP contribution in [0.4, 0.5) is 4.79 Å². The fourth-order valence-electron chi connectivity index (χ4n) is 1.77. The summed E-state index contributed by atoms with van der Waals surface area (Å²) in [6, 6.07) is 1.87. The minimum Gasteiger partial charge on any atom is -0.495 e. The van der Waals surface area contributed by atoms with Crippen LogP contribution in [0.5, 0.6) is 11.6 Å². The lowest BCUT2D eigenvalue weighted by Crippen LogP contribution is -2.33. The van der Waals surface area contributed by atoms with Crippen LogP contribution in [-0.2, 0) is 11.2 Å². The third-order valence-corrected chi connectivity index (χ3v) is 2.65. The number of hydrogen-bond donors (Lipinski definition) is 1. The standard InChI is InChI=1S/C15H24N2O4/c1-10-9-12(19-5)11(17-13(10)20-6)7-8-16-14(18)21-15(2,3)4/h9H,7-8H2,1-6H3,(H,16,18). The van der Waals surface area contributed by atoms with Gasteiger partial charge < -0.3 is 19.5 Å². The fraction of sp³-hybridized carbons (Fsp3) is 0.600. The summed E-state index contributed by atoms with van der Waals surface area (Å²) >= 11 is 0. The molecule has 6 heteroatoms. The molecule has 6 nitrogen and oxygen atoms in total. The minimum atomic E-state index is -0.507. The maximum Gasteiger partial charge on any atom is 0.407 e. The van der Waals surface area contributed by atoms with Gasteiger partial charge in [0.25, 0.3) is 0 Å². The van der Waals surface area contributed by atoms with E-state index in [1.807, 2.05) is 33.8 Å². The number of nitrogens with zero attached hydrogens (tertiary/aromatic N) is 1. The van der Waals surface area contributed by atoms with Crippen molar-refractivity contribution in [2.45, 2.75) is 39.7 Å². The molecule has 1 amide bonds. The van der Waals surface area contributed by atoms with Crippen LogP contribution in [-0.4, -0.2) is 37.4 Å². The van der Waals surface area contributed by atoms with Gasteiger partial charge in [0.15, 0.2) is 0 Å². The zero-order chi connectivity index (χ0) is 16.0. The van der Waals surface area contributed by atoms with Crippen LogP contribution in [0.15, 0.2) is 6.07 Å². The molecule has 1 rings (SSSR count). The average Bonchev–Trinajstić information content (AvgIpc) is 2.37. The first-order chi connectivity index (χ1) is 9.76. The maximum absolute atomic E-state index is 11.6. The Bertz CT molecular complexity index is 495. The molecule has 0 aliphatic heterocycles. The van der Waals surface area contributed by atoms with E-state index in [4.69, 9.17) is 14.2 Å². The zero-order valence-electron chi connectivity index (χ0n) is 13.6. The van der Waals surface area contributed by atoms with Crippen LogP contribution < -0.4 is 14.8 Å². The van der Waals surface area contributed by atoms with Crippen molar-refractivity contribution in [3.63, 3.8) is 0 Å². The van der Waals surface area contributed by atoms with Crippen molar-refractivity contribution in [2.75, 3.05) is 20.8 Å². The van der Waals surface area contributed by atoms with Gasteiger partial charge in [-0.05, 0) is 33.8 Å². The Kier molecular flexibility index (Phi) is 5.81. The largest absolute Gasteiger partial charge is 0.495 e. The Morgan fingerprint density at radius 2 is 1.95 bits per heavy atom. The third kappa shape index (κ3) is 5.49. The molecule has 0 spiro atoms. The van der Waals surface area contributed by atoms with E-state index in [-0.39, 0.29) is 0 Å². The molecule has 1 N–H and O–H groups in total. The van der Waals surface area contributed by atoms with Crippen LogP contribution in [0.2, 0.25) is 0 Å². The summed E-state index contributed by atoms with van der Waals surface area (Å²) in [5.74, 6) is 1.24. The summed E-state index contributed by atoms with van der Waals surface area (Å²) in [6.45, 7) is 7.77.